The smallest absolute Gasteiger partial charge is 0.263 e. The molecule has 0 saturated carbocycles. The zero-order valence-corrected chi connectivity index (χ0v) is 13.0. The SMILES string of the molecule is CCCOc1ccc(S(=O)(=O)Nc2cc(Cl)ccn2)cc1. The highest BCUT2D eigenvalue weighted by Gasteiger charge is 2.15. The summed E-state index contributed by atoms with van der Waals surface area (Å²) < 4.78 is 32.2. The van der Waals surface area contributed by atoms with Gasteiger partial charge in [0.1, 0.15) is 11.6 Å². The number of nitrogens with one attached hydrogen (secondary N) is 1. The largest absolute Gasteiger partial charge is 0.494 e. The van der Waals surface area contributed by atoms with Crippen LogP contribution in [0.1, 0.15) is 13.3 Å². The zero-order chi connectivity index (χ0) is 15.3. The molecular weight excluding hydrogens is 312 g/mol. The van der Waals surface area contributed by atoms with Gasteiger partial charge in [0.05, 0.1) is 11.5 Å². The standard InChI is InChI=1S/C14H15ClN2O3S/c1-2-9-20-12-3-5-13(6-4-12)21(18,19)17-14-10-11(15)7-8-16-14/h3-8,10H,2,9H2,1H3,(H,16,17). The minimum absolute atomic E-state index is 0.133. The van der Waals surface area contributed by atoms with Gasteiger partial charge in [0.25, 0.3) is 10.0 Å². The van der Waals surface area contributed by atoms with Crippen molar-refractivity contribution in [1.29, 1.82) is 0 Å². The first-order chi connectivity index (χ1) is 10.0. The highest BCUT2D eigenvalue weighted by atomic mass is 35.5. The maximum absolute atomic E-state index is 12.2. The van der Waals surface area contributed by atoms with Crippen LogP contribution in [-0.2, 0) is 10.0 Å². The average Bonchev–Trinajstić information content (AvgIpc) is 2.45. The maximum atomic E-state index is 12.2. The van der Waals surface area contributed by atoms with Crippen molar-refractivity contribution in [2.24, 2.45) is 0 Å². The van der Waals surface area contributed by atoms with Crippen molar-refractivity contribution in [2.45, 2.75) is 18.2 Å². The number of aromatic nitrogens is 1. The van der Waals surface area contributed by atoms with Crippen LogP contribution < -0.4 is 9.46 Å². The summed E-state index contributed by atoms with van der Waals surface area (Å²) in [5, 5.41) is 0.408. The minimum atomic E-state index is -3.69. The molecule has 0 saturated heterocycles. The fourth-order valence-electron chi connectivity index (χ4n) is 1.59. The molecule has 0 fully saturated rings. The van der Waals surface area contributed by atoms with Crippen molar-refractivity contribution < 1.29 is 13.2 Å². The number of hydrogen-bond acceptors (Lipinski definition) is 4. The second kappa shape index (κ2) is 6.78. The highest BCUT2D eigenvalue weighted by molar-refractivity contribution is 7.92. The van der Waals surface area contributed by atoms with Crippen LogP contribution in [0.25, 0.3) is 0 Å². The maximum Gasteiger partial charge on any atom is 0.263 e. The van der Waals surface area contributed by atoms with Gasteiger partial charge >= 0.3 is 0 Å². The van der Waals surface area contributed by atoms with Crippen LogP contribution in [0.2, 0.25) is 5.02 Å². The van der Waals surface area contributed by atoms with Gasteiger partial charge in [0.15, 0.2) is 0 Å². The molecule has 0 aliphatic carbocycles. The Morgan fingerprint density at radius 3 is 2.57 bits per heavy atom. The van der Waals surface area contributed by atoms with E-state index in [9.17, 15) is 8.42 Å². The molecule has 0 aliphatic heterocycles. The summed E-state index contributed by atoms with van der Waals surface area (Å²) in [7, 11) is -3.69. The van der Waals surface area contributed by atoms with E-state index >= 15 is 0 Å². The summed E-state index contributed by atoms with van der Waals surface area (Å²) in [4.78, 5) is 4.04. The second-order valence-electron chi connectivity index (χ2n) is 4.28. The minimum Gasteiger partial charge on any atom is -0.494 e. The number of pyridine rings is 1. The van der Waals surface area contributed by atoms with E-state index in [4.69, 9.17) is 16.3 Å². The number of ether oxygens (including phenoxy) is 1. The van der Waals surface area contributed by atoms with Crippen LogP contribution in [0.15, 0.2) is 47.5 Å². The van der Waals surface area contributed by atoms with Crippen molar-refractivity contribution in [1.82, 2.24) is 4.98 Å². The van der Waals surface area contributed by atoms with Crippen molar-refractivity contribution in [3.8, 4) is 5.75 Å². The molecule has 1 aromatic heterocycles. The van der Waals surface area contributed by atoms with E-state index in [2.05, 4.69) is 9.71 Å². The molecule has 7 heteroatoms. The third-order valence-corrected chi connectivity index (χ3v) is 4.17. The summed E-state index contributed by atoms with van der Waals surface area (Å²) in [6.07, 6.45) is 2.32. The lowest BCUT2D eigenvalue weighted by molar-refractivity contribution is 0.317. The van der Waals surface area contributed by atoms with Crippen LogP contribution in [-0.4, -0.2) is 20.0 Å². The van der Waals surface area contributed by atoms with Crippen molar-refractivity contribution in [2.75, 3.05) is 11.3 Å². The molecule has 1 heterocycles. The molecule has 0 radical (unpaired) electrons. The van der Waals surface area contributed by atoms with E-state index in [1.54, 1.807) is 18.2 Å². The molecule has 0 atom stereocenters. The third kappa shape index (κ3) is 4.34. The van der Waals surface area contributed by atoms with Gasteiger partial charge < -0.3 is 4.74 Å². The lowest BCUT2D eigenvalue weighted by Crippen LogP contribution is -2.13. The van der Waals surface area contributed by atoms with Crippen molar-refractivity contribution in [3.05, 3.63) is 47.6 Å². The molecule has 5 nitrogen and oxygen atoms in total. The molecule has 2 aromatic rings. The van der Waals surface area contributed by atoms with Crippen LogP contribution >= 0.6 is 11.6 Å². The lowest BCUT2D eigenvalue weighted by Gasteiger charge is -2.09. The zero-order valence-electron chi connectivity index (χ0n) is 11.4. The molecule has 0 amide bonds. The highest BCUT2D eigenvalue weighted by Crippen LogP contribution is 2.19. The Balaban J connectivity index is 2.15. The number of benzene rings is 1. The Hall–Kier alpha value is -1.79. The molecule has 21 heavy (non-hydrogen) atoms. The van der Waals surface area contributed by atoms with E-state index in [1.165, 1.54) is 24.4 Å². The fraction of sp³-hybridized carbons (Fsp3) is 0.214. The van der Waals surface area contributed by atoms with E-state index in [1.807, 2.05) is 6.92 Å². The summed E-state index contributed by atoms with van der Waals surface area (Å²) in [5.41, 5.74) is 0. The van der Waals surface area contributed by atoms with E-state index in [-0.39, 0.29) is 10.7 Å². The van der Waals surface area contributed by atoms with Gasteiger partial charge in [-0.15, -0.1) is 0 Å². The molecule has 1 N–H and O–H groups in total. The van der Waals surface area contributed by atoms with Crippen LogP contribution in [0.4, 0.5) is 5.82 Å². The van der Waals surface area contributed by atoms with E-state index < -0.39 is 10.0 Å². The summed E-state index contributed by atoms with van der Waals surface area (Å²) in [6, 6.07) is 9.22. The topological polar surface area (TPSA) is 68.3 Å². The van der Waals surface area contributed by atoms with Crippen LogP contribution in [0, 0.1) is 0 Å². The number of sulfonamides is 1. The fourth-order valence-corrected chi connectivity index (χ4v) is 2.75. The van der Waals surface area contributed by atoms with Gasteiger partial charge in [-0.3, -0.25) is 4.72 Å². The lowest BCUT2D eigenvalue weighted by atomic mass is 10.3. The van der Waals surface area contributed by atoms with Gasteiger partial charge in [-0.2, -0.15) is 0 Å². The first kappa shape index (κ1) is 15.6. The summed E-state index contributed by atoms with van der Waals surface area (Å²) >= 11 is 5.80. The molecule has 112 valence electrons. The van der Waals surface area contributed by atoms with Crippen molar-refractivity contribution in [3.63, 3.8) is 0 Å². The van der Waals surface area contributed by atoms with Crippen LogP contribution in [0.3, 0.4) is 0 Å². The first-order valence-corrected chi connectivity index (χ1v) is 8.24. The number of anilines is 1. The summed E-state index contributed by atoms with van der Waals surface area (Å²) in [5.74, 6) is 0.811. The van der Waals surface area contributed by atoms with Crippen LogP contribution in [0.5, 0.6) is 5.75 Å². The normalized spacial score (nSPS) is 11.1. The average molecular weight is 327 g/mol. The monoisotopic (exact) mass is 326 g/mol. The Kier molecular flexibility index (Phi) is 5.03. The quantitative estimate of drug-likeness (QED) is 0.884. The Morgan fingerprint density at radius 1 is 1.24 bits per heavy atom. The number of halogens is 1. The number of hydrogen-bond donors (Lipinski definition) is 1. The predicted octanol–water partition coefficient (Wildman–Crippen LogP) is 3.32. The van der Waals surface area contributed by atoms with Gasteiger partial charge in [-0.05, 0) is 36.8 Å². The first-order valence-electron chi connectivity index (χ1n) is 6.38. The Morgan fingerprint density at radius 2 is 1.95 bits per heavy atom. The Labute approximate surface area is 129 Å². The number of nitrogens with zero attached hydrogens (tertiary/aromatic N) is 1. The number of rotatable bonds is 6. The molecule has 0 unspecified atom stereocenters. The van der Waals surface area contributed by atoms with Gasteiger partial charge in [0, 0.05) is 17.3 Å². The van der Waals surface area contributed by atoms with Crippen molar-refractivity contribution >= 4 is 27.4 Å². The third-order valence-electron chi connectivity index (χ3n) is 2.57. The molecular formula is C14H15ClN2O3S. The molecule has 2 rings (SSSR count). The van der Waals surface area contributed by atoms with Gasteiger partial charge in [-0.25, -0.2) is 13.4 Å². The van der Waals surface area contributed by atoms with Gasteiger partial charge in [0.2, 0.25) is 0 Å². The molecule has 0 bridgehead atoms. The molecule has 1 aromatic carbocycles. The molecule has 0 spiro atoms. The summed E-state index contributed by atoms with van der Waals surface area (Å²) in [6.45, 7) is 2.59. The van der Waals surface area contributed by atoms with E-state index in [0.717, 1.165) is 6.42 Å². The molecule has 0 aliphatic rings. The van der Waals surface area contributed by atoms with E-state index in [0.29, 0.717) is 17.4 Å². The van der Waals surface area contributed by atoms with Gasteiger partial charge in [-0.1, -0.05) is 18.5 Å². The predicted molar refractivity (Wildman–Crippen MR) is 82.3 cm³/mol. The second-order valence-corrected chi connectivity index (χ2v) is 6.40. The Bertz CT molecular complexity index is 702.